The highest BCUT2D eigenvalue weighted by molar-refractivity contribution is 6.22. The summed E-state index contributed by atoms with van der Waals surface area (Å²) in [5, 5.41) is 5.95. The summed E-state index contributed by atoms with van der Waals surface area (Å²) in [6.45, 7) is 0. The van der Waals surface area contributed by atoms with Gasteiger partial charge in [-0.25, -0.2) is 0 Å². The van der Waals surface area contributed by atoms with Crippen molar-refractivity contribution in [3.63, 3.8) is 0 Å². The zero-order valence-corrected chi connectivity index (χ0v) is 23.3. The number of benzene rings is 8. The summed E-state index contributed by atoms with van der Waals surface area (Å²) < 4.78 is 24.9. The van der Waals surface area contributed by atoms with Crippen LogP contribution in [0.2, 0.25) is 0 Å². The first-order valence-electron chi connectivity index (χ1n) is 15.6. The van der Waals surface area contributed by atoms with Gasteiger partial charge in [0, 0.05) is 10.9 Å². The van der Waals surface area contributed by atoms with E-state index in [2.05, 4.69) is 97.1 Å². The van der Waals surface area contributed by atoms with Crippen LogP contribution in [0.25, 0.3) is 76.8 Å². The molecule has 43 heavy (non-hydrogen) atoms. The van der Waals surface area contributed by atoms with Crippen molar-refractivity contribution >= 4 is 32.3 Å². The van der Waals surface area contributed by atoms with Crippen LogP contribution < -0.4 is 4.74 Å². The van der Waals surface area contributed by atoms with Gasteiger partial charge in [0.05, 0.1) is 2.74 Å². The molecule has 0 fully saturated rings. The Bertz CT molecular complexity index is 2470. The van der Waals surface area contributed by atoms with Crippen LogP contribution in [0.5, 0.6) is 11.5 Å². The first kappa shape index (κ1) is 22.0. The summed E-state index contributed by atoms with van der Waals surface area (Å²) in [5.41, 5.74) is 8.39. The van der Waals surface area contributed by atoms with Gasteiger partial charge in [0.2, 0.25) is 0 Å². The van der Waals surface area contributed by atoms with E-state index in [-0.39, 0.29) is 0 Å². The van der Waals surface area contributed by atoms with Gasteiger partial charge in [0.25, 0.3) is 0 Å². The molecule has 0 atom stereocenters. The predicted molar refractivity (Wildman–Crippen MR) is 181 cm³/mol. The summed E-state index contributed by atoms with van der Waals surface area (Å²) in [4.78, 5) is 0. The second-order valence-electron chi connectivity index (χ2n) is 11.1. The van der Waals surface area contributed by atoms with Gasteiger partial charge >= 0.3 is 0 Å². The molecule has 8 aromatic rings. The third-order valence-electron chi connectivity index (χ3n) is 8.68. The van der Waals surface area contributed by atoms with Gasteiger partial charge in [0.15, 0.2) is 0 Å². The zero-order valence-electron chi connectivity index (χ0n) is 25.3. The van der Waals surface area contributed by atoms with Crippen molar-refractivity contribution in [2.24, 2.45) is 0 Å². The highest BCUT2D eigenvalue weighted by atomic mass is 16.5. The number of hydrogen-bond acceptors (Lipinski definition) is 1. The van der Waals surface area contributed by atoms with Crippen molar-refractivity contribution in [1.29, 1.82) is 0 Å². The molecule has 0 radical (unpaired) electrons. The maximum Gasteiger partial charge on any atom is 0.135 e. The fourth-order valence-corrected chi connectivity index (χ4v) is 6.84. The first-order valence-corrected chi connectivity index (χ1v) is 14.6. The minimum absolute atomic E-state index is 0.458. The van der Waals surface area contributed by atoms with Gasteiger partial charge in [-0.1, -0.05) is 139 Å². The van der Waals surface area contributed by atoms with E-state index in [4.69, 9.17) is 4.74 Å². The zero-order chi connectivity index (χ0) is 30.1. The molecule has 0 N–H and O–H groups in total. The van der Waals surface area contributed by atoms with Crippen LogP contribution >= 0.6 is 0 Å². The monoisotopic (exact) mass is 548 g/mol. The van der Waals surface area contributed by atoms with Crippen molar-refractivity contribution in [3.05, 3.63) is 158 Å². The molecule has 0 spiro atoms. The molecule has 200 valence electrons. The van der Waals surface area contributed by atoms with E-state index in [0.29, 0.717) is 12.1 Å². The Morgan fingerprint density at radius 2 is 1.05 bits per heavy atom. The Hall–Kier alpha value is -5.66. The molecule has 0 saturated heterocycles. The Morgan fingerprint density at radius 3 is 1.86 bits per heavy atom. The second-order valence-corrected chi connectivity index (χ2v) is 11.1. The molecule has 1 heteroatoms. The lowest BCUT2D eigenvalue weighted by molar-refractivity contribution is 0.487. The highest BCUT2D eigenvalue weighted by Gasteiger charge is 2.23. The van der Waals surface area contributed by atoms with Gasteiger partial charge in [-0.15, -0.1) is 0 Å². The van der Waals surface area contributed by atoms with E-state index in [1.807, 2.05) is 48.5 Å². The van der Waals surface area contributed by atoms with Crippen molar-refractivity contribution in [2.75, 3.05) is 0 Å². The van der Waals surface area contributed by atoms with Crippen LogP contribution in [0.15, 0.2) is 158 Å². The fourth-order valence-electron chi connectivity index (χ4n) is 6.84. The normalized spacial score (nSPS) is 12.6. The number of hydrogen-bond donors (Lipinski definition) is 0. The Labute approximate surface area is 253 Å². The third kappa shape index (κ3) is 3.65. The molecule has 0 unspecified atom stereocenters. The molecule has 0 bridgehead atoms. The maximum absolute atomic E-state index is 9.27. The molecule has 1 aliphatic rings. The quantitative estimate of drug-likeness (QED) is 0.200. The van der Waals surface area contributed by atoms with Gasteiger partial charge in [-0.2, -0.15) is 0 Å². The maximum atomic E-state index is 9.27. The molecule has 1 nitrogen and oxygen atoms in total. The van der Waals surface area contributed by atoms with Crippen LogP contribution in [0, 0.1) is 0 Å². The van der Waals surface area contributed by atoms with Gasteiger partial charge < -0.3 is 4.74 Å². The van der Waals surface area contributed by atoms with Gasteiger partial charge in [-0.05, 0) is 84.1 Å². The summed E-state index contributed by atoms with van der Waals surface area (Å²) in [7, 11) is 0. The SMILES string of the molecule is [2H]c1cccc2c(-c3ccccc3-c3ccccc3)c3c([2H])cccc3c(-c3ccc4c(c3)-c3cccc5cccc(c35)O4)c12. The van der Waals surface area contributed by atoms with Gasteiger partial charge in [-0.3, -0.25) is 0 Å². The molecule has 0 aromatic heterocycles. The lowest BCUT2D eigenvalue weighted by Gasteiger charge is -2.23. The minimum Gasteiger partial charge on any atom is -0.456 e. The Morgan fingerprint density at radius 1 is 0.395 bits per heavy atom. The largest absolute Gasteiger partial charge is 0.456 e. The standard InChI is InChI=1S/C42H26O/c1-2-12-27(13-3-1)30-16-4-5-17-31(30)42-34-20-8-6-18-32(34)40(33-19-7-9-21-35(33)42)29-24-25-38-37(26-29)36-22-10-14-28-15-11-23-39(43-38)41(28)36/h1-26H/i18D,21D. The molecule has 1 aliphatic heterocycles. The highest BCUT2D eigenvalue weighted by Crippen LogP contribution is 2.50. The topological polar surface area (TPSA) is 9.23 Å². The van der Waals surface area contributed by atoms with Crippen LogP contribution in [-0.2, 0) is 0 Å². The smallest absolute Gasteiger partial charge is 0.135 e. The predicted octanol–water partition coefficient (Wildman–Crippen LogP) is 11.9. The molecule has 0 amide bonds. The summed E-state index contributed by atoms with van der Waals surface area (Å²) in [5.74, 6) is 1.69. The minimum atomic E-state index is 0.458. The van der Waals surface area contributed by atoms with Crippen molar-refractivity contribution in [2.45, 2.75) is 0 Å². The van der Waals surface area contributed by atoms with E-state index in [1.165, 1.54) is 0 Å². The molecule has 0 saturated carbocycles. The van der Waals surface area contributed by atoms with Crippen molar-refractivity contribution in [1.82, 2.24) is 0 Å². The molecular weight excluding hydrogens is 520 g/mol. The van der Waals surface area contributed by atoms with E-state index in [0.717, 1.165) is 88.3 Å². The van der Waals surface area contributed by atoms with Crippen molar-refractivity contribution < 1.29 is 7.48 Å². The summed E-state index contributed by atoms with van der Waals surface area (Å²) >= 11 is 0. The van der Waals surface area contributed by atoms with Crippen LogP contribution in [0.4, 0.5) is 0 Å². The Balaban J connectivity index is 1.39. The van der Waals surface area contributed by atoms with Crippen LogP contribution in [0.3, 0.4) is 0 Å². The average molecular weight is 549 g/mol. The summed E-state index contributed by atoms with van der Waals surface area (Å²) in [6.07, 6.45) is 0. The van der Waals surface area contributed by atoms with E-state index in [1.54, 1.807) is 0 Å². The lowest BCUT2D eigenvalue weighted by Crippen LogP contribution is -1.98. The van der Waals surface area contributed by atoms with Crippen LogP contribution in [0.1, 0.15) is 2.74 Å². The van der Waals surface area contributed by atoms with Crippen LogP contribution in [-0.4, -0.2) is 0 Å². The number of fused-ring (bicyclic) bond motifs is 4. The third-order valence-corrected chi connectivity index (χ3v) is 8.68. The lowest BCUT2D eigenvalue weighted by atomic mass is 9.83. The molecule has 0 aliphatic carbocycles. The van der Waals surface area contributed by atoms with Crippen molar-refractivity contribution in [3.8, 4) is 56.0 Å². The molecule has 8 aromatic carbocycles. The van der Waals surface area contributed by atoms with E-state index >= 15 is 0 Å². The molecule has 1 heterocycles. The Kier molecular flexibility index (Phi) is 4.83. The average Bonchev–Trinajstić information content (AvgIpc) is 3.08. The second kappa shape index (κ2) is 9.44. The van der Waals surface area contributed by atoms with E-state index < -0.39 is 0 Å². The molecule has 9 rings (SSSR count). The fraction of sp³-hybridized carbons (Fsp3) is 0. The number of ether oxygens (including phenoxy) is 1. The number of rotatable bonds is 3. The first-order chi connectivity index (χ1) is 22.2. The van der Waals surface area contributed by atoms with E-state index in [9.17, 15) is 2.74 Å². The van der Waals surface area contributed by atoms with Gasteiger partial charge in [0.1, 0.15) is 11.5 Å². The summed E-state index contributed by atoms with van der Waals surface area (Å²) in [6, 6.07) is 50.5. The molecular formula is C42H26O.